The van der Waals surface area contributed by atoms with Crippen LogP contribution >= 0.6 is 0 Å². The zero-order valence-electron chi connectivity index (χ0n) is 17.3. The minimum absolute atomic E-state index is 0.0699. The number of benzene rings is 2. The van der Waals surface area contributed by atoms with E-state index in [-0.39, 0.29) is 18.4 Å². The lowest BCUT2D eigenvalue weighted by Crippen LogP contribution is -2.30. The van der Waals surface area contributed by atoms with E-state index in [0.717, 1.165) is 19.3 Å². The standard InChI is InChI=1S/C24H30N2O4/c27-23(25-15-8-16-29-21-12-5-2-6-13-21)18-30-22-14-7-11-20(17-22)26-24(28)19-9-3-1-4-10-19/h1,3-4,7,9-11,14,17,21H,2,5-6,8,12-13,15-16,18H2,(H,25,27)(H,26,28). The number of rotatable bonds is 10. The molecule has 1 fully saturated rings. The van der Waals surface area contributed by atoms with Crippen molar-refractivity contribution in [3.8, 4) is 5.75 Å². The maximum absolute atomic E-state index is 12.2. The number of anilines is 1. The van der Waals surface area contributed by atoms with Gasteiger partial charge < -0.3 is 20.1 Å². The van der Waals surface area contributed by atoms with Crippen LogP contribution in [-0.4, -0.2) is 37.7 Å². The fraction of sp³-hybridized carbons (Fsp3) is 0.417. The molecule has 2 N–H and O–H groups in total. The van der Waals surface area contributed by atoms with E-state index in [4.69, 9.17) is 9.47 Å². The summed E-state index contributed by atoms with van der Waals surface area (Å²) >= 11 is 0. The van der Waals surface area contributed by atoms with Crippen molar-refractivity contribution in [1.29, 1.82) is 0 Å². The molecule has 3 rings (SSSR count). The lowest BCUT2D eigenvalue weighted by atomic mass is 9.98. The van der Waals surface area contributed by atoms with Gasteiger partial charge in [0.2, 0.25) is 0 Å². The predicted molar refractivity (Wildman–Crippen MR) is 117 cm³/mol. The molecule has 1 saturated carbocycles. The molecule has 2 aromatic carbocycles. The summed E-state index contributed by atoms with van der Waals surface area (Å²) in [5.41, 5.74) is 1.19. The molecule has 0 aliphatic heterocycles. The molecule has 1 aliphatic carbocycles. The number of amides is 2. The zero-order valence-corrected chi connectivity index (χ0v) is 17.3. The van der Waals surface area contributed by atoms with Gasteiger partial charge >= 0.3 is 0 Å². The second-order valence-electron chi connectivity index (χ2n) is 7.47. The van der Waals surface area contributed by atoms with Crippen LogP contribution in [0.15, 0.2) is 54.6 Å². The van der Waals surface area contributed by atoms with Crippen LogP contribution in [0.3, 0.4) is 0 Å². The van der Waals surface area contributed by atoms with Gasteiger partial charge in [0, 0.05) is 30.5 Å². The van der Waals surface area contributed by atoms with Crippen LogP contribution in [0.25, 0.3) is 0 Å². The molecule has 0 aromatic heterocycles. The van der Waals surface area contributed by atoms with Gasteiger partial charge in [-0.05, 0) is 43.5 Å². The highest BCUT2D eigenvalue weighted by Gasteiger charge is 2.13. The molecule has 0 spiro atoms. The molecule has 0 heterocycles. The first kappa shape index (κ1) is 21.8. The number of hydrogen-bond donors (Lipinski definition) is 2. The Morgan fingerprint density at radius 3 is 2.57 bits per heavy atom. The Morgan fingerprint density at radius 2 is 1.77 bits per heavy atom. The van der Waals surface area contributed by atoms with E-state index in [1.165, 1.54) is 19.3 Å². The lowest BCUT2D eigenvalue weighted by molar-refractivity contribution is -0.123. The average molecular weight is 411 g/mol. The summed E-state index contributed by atoms with van der Waals surface area (Å²) < 4.78 is 11.4. The summed E-state index contributed by atoms with van der Waals surface area (Å²) in [4.78, 5) is 24.2. The fourth-order valence-electron chi connectivity index (χ4n) is 3.44. The van der Waals surface area contributed by atoms with Crippen molar-refractivity contribution < 1.29 is 19.1 Å². The normalized spacial score (nSPS) is 14.1. The van der Waals surface area contributed by atoms with E-state index < -0.39 is 0 Å². The highest BCUT2D eigenvalue weighted by Crippen LogP contribution is 2.20. The monoisotopic (exact) mass is 410 g/mol. The predicted octanol–water partition coefficient (Wildman–Crippen LogP) is 4.17. The molecule has 0 radical (unpaired) electrons. The molecule has 30 heavy (non-hydrogen) atoms. The van der Waals surface area contributed by atoms with Crippen LogP contribution in [0, 0.1) is 0 Å². The molecule has 6 nitrogen and oxygen atoms in total. The number of nitrogens with one attached hydrogen (secondary N) is 2. The topological polar surface area (TPSA) is 76.7 Å². The molecule has 2 aromatic rings. The highest BCUT2D eigenvalue weighted by atomic mass is 16.5. The van der Waals surface area contributed by atoms with Crippen molar-refractivity contribution in [1.82, 2.24) is 5.32 Å². The van der Waals surface area contributed by atoms with Crippen LogP contribution in [0.1, 0.15) is 48.9 Å². The quantitative estimate of drug-likeness (QED) is 0.576. The molecule has 1 aliphatic rings. The Morgan fingerprint density at radius 1 is 0.967 bits per heavy atom. The van der Waals surface area contributed by atoms with Gasteiger partial charge in [-0.3, -0.25) is 9.59 Å². The number of hydrogen-bond acceptors (Lipinski definition) is 4. The smallest absolute Gasteiger partial charge is 0.257 e. The fourth-order valence-corrected chi connectivity index (χ4v) is 3.44. The first-order valence-electron chi connectivity index (χ1n) is 10.7. The summed E-state index contributed by atoms with van der Waals surface area (Å²) in [6.45, 7) is 1.18. The zero-order chi connectivity index (χ0) is 21.0. The van der Waals surface area contributed by atoms with Crippen LogP contribution in [-0.2, 0) is 9.53 Å². The molecular formula is C24H30N2O4. The second kappa shape index (κ2) is 12.0. The molecule has 160 valence electrons. The van der Waals surface area contributed by atoms with Crippen LogP contribution in [0.4, 0.5) is 5.69 Å². The molecule has 0 saturated heterocycles. The number of carbonyl (C=O) groups excluding carboxylic acids is 2. The molecule has 0 atom stereocenters. The van der Waals surface area contributed by atoms with Crippen molar-refractivity contribution >= 4 is 17.5 Å². The third-order valence-electron chi connectivity index (χ3n) is 5.05. The highest BCUT2D eigenvalue weighted by molar-refractivity contribution is 6.04. The summed E-state index contributed by atoms with van der Waals surface area (Å²) in [6, 6.07) is 16.0. The van der Waals surface area contributed by atoms with Gasteiger partial charge in [-0.1, -0.05) is 43.5 Å². The Labute approximate surface area is 178 Å². The third kappa shape index (κ3) is 7.52. The van der Waals surface area contributed by atoms with E-state index in [9.17, 15) is 9.59 Å². The van der Waals surface area contributed by atoms with Crippen LogP contribution < -0.4 is 15.4 Å². The molecular weight excluding hydrogens is 380 g/mol. The largest absolute Gasteiger partial charge is 0.484 e. The molecule has 0 bridgehead atoms. The van der Waals surface area contributed by atoms with Crippen LogP contribution in [0.5, 0.6) is 5.75 Å². The first-order chi connectivity index (χ1) is 14.7. The van der Waals surface area contributed by atoms with Crippen molar-refractivity contribution in [2.75, 3.05) is 25.1 Å². The van der Waals surface area contributed by atoms with Gasteiger partial charge in [0.15, 0.2) is 6.61 Å². The maximum atomic E-state index is 12.2. The van der Waals surface area contributed by atoms with Crippen molar-refractivity contribution in [3.05, 3.63) is 60.2 Å². The summed E-state index contributed by atoms with van der Waals surface area (Å²) in [5.74, 6) is 0.156. The Balaban J connectivity index is 1.33. The summed E-state index contributed by atoms with van der Waals surface area (Å²) in [6.07, 6.45) is 7.34. The minimum Gasteiger partial charge on any atom is -0.484 e. The van der Waals surface area contributed by atoms with Gasteiger partial charge in [-0.25, -0.2) is 0 Å². The van der Waals surface area contributed by atoms with Crippen LogP contribution in [0.2, 0.25) is 0 Å². The Kier molecular flexibility index (Phi) is 8.72. The van der Waals surface area contributed by atoms with E-state index in [1.807, 2.05) is 18.2 Å². The Hall–Kier alpha value is -2.86. The van der Waals surface area contributed by atoms with E-state index in [0.29, 0.717) is 36.3 Å². The number of ether oxygens (including phenoxy) is 2. The number of carbonyl (C=O) groups is 2. The second-order valence-corrected chi connectivity index (χ2v) is 7.47. The Bertz CT molecular complexity index is 804. The SMILES string of the molecule is O=C(COc1cccc(NC(=O)c2ccccc2)c1)NCCCOC1CCCCC1. The first-order valence-corrected chi connectivity index (χ1v) is 10.7. The van der Waals surface area contributed by atoms with Gasteiger partial charge in [0.25, 0.3) is 11.8 Å². The van der Waals surface area contributed by atoms with Gasteiger partial charge in [-0.15, -0.1) is 0 Å². The van der Waals surface area contributed by atoms with Gasteiger partial charge in [0.05, 0.1) is 6.10 Å². The van der Waals surface area contributed by atoms with E-state index >= 15 is 0 Å². The average Bonchev–Trinajstić information content (AvgIpc) is 2.79. The summed E-state index contributed by atoms with van der Waals surface area (Å²) in [7, 11) is 0. The van der Waals surface area contributed by atoms with Gasteiger partial charge in [-0.2, -0.15) is 0 Å². The third-order valence-corrected chi connectivity index (χ3v) is 5.05. The van der Waals surface area contributed by atoms with Gasteiger partial charge in [0.1, 0.15) is 5.75 Å². The maximum Gasteiger partial charge on any atom is 0.257 e. The van der Waals surface area contributed by atoms with E-state index in [1.54, 1.807) is 36.4 Å². The molecule has 2 amide bonds. The molecule has 6 heteroatoms. The van der Waals surface area contributed by atoms with E-state index in [2.05, 4.69) is 10.6 Å². The van der Waals surface area contributed by atoms with Crippen molar-refractivity contribution in [3.63, 3.8) is 0 Å². The van der Waals surface area contributed by atoms with Crippen molar-refractivity contribution in [2.45, 2.75) is 44.6 Å². The van der Waals surface area contributed by atoms with Crippen molar-refractivity contribution in [2.24, 2.45) is 0 Å². The lowest BCUT2D eigenvalue weighted by Gasteiger charge is -2.21. The summed E-state index contributed by atoms with van der Waals surface area (Å²) in [5, 5.41) is 5.67. The minimum atomic E-state index is -0.194. The molecule has 0 unspecified atom stereocenters.